The Morgan fingerprint density at radius 1 is 1.29 bits per heavy atom. The summed E-state index contributed by atoms with van der Waals surface area (Å²) in [6.45, 7) is 3.10. The number of nitrogens with zero attached hydrogens (tertiary/aromatic N) is 4. The quantitative estimate of drug-likeness (QED) is 0.753. The number of carbonyl (C=O) groups excluding carboxylic acids is 2. The Morgan fingerprint density at radius 3 is 3.07 bits per heavy atom. The Bertz CT molecular complexity index is 816. The molecule has 9 nitrogen and oxygen atoms in total. The van der Waals surface area contributed by atoms with Crippen molar-refractivity contribution >= 4 is 11.8 Å². The molecule has 2 aromatic rings. The van der Waals surface area contributed by atoms with E-state index in [1.165, 1.54) is 6.42 Å². The maximum atomic E-state index is 12.5. The zero-order valence-corrected chi connectivity index (χ0v) is 15.9. The second kappa shape index (κ2) is 8.55. The molecular weight excluding hydrogens is 360 g/mol. The molecule has 0 spiro atoms. The zero-order valence-electron chi connectivity index (χ0n) is 15.9. The van der Waals surface area contributed by atoms with Crippen molar-refractivity contribution in [2.75, 3.05) is 13.1 Å². The summed E-state index contributed by atoms with van der Waals surface area (Å²) in [6.07, 6.45) is 7.77. The summed E-state index contributed by atoms with van der Waals surface area (Å²) >= 11 is 0. The molecule has 0 radical (unpaired) electrons. The Kier molecular flexibility index (Phi) is 5.70. The molecule has 4 rings (SSSR count). The molecule has 2 aliphatic heterocycles. The van der Waals surface area contributed by atoms with Crippen LogP contribution in [0.1, 0.15) is 42.9 Å². The van der Waals surface area contributed by atoms with E-state index in [9.17, 15) is 9.59 Å². The van der Waals surface area contributed by atoms with Crippen molar-refractivity contribution in [1.29, 1.82) is 0 Å². The fraction of sp³-hybridized carbons (Fsp3) is 0.579. The molecular formula is C19H26N6O3. The Hall–Kier alpha value is -2.68. The van der Waals surface area contributed by atoms with Crippen LogP contribution in [0, 0.1) is 0 Å². The second-order valence-electron chi connectivity index (χ2n) is 7.38. The maximum Gasteiger partial charge on any atom is 0.237 e. The summed E-state index contributed by atoms with van der Waals surface area (Å²) in [4.78, 5) is 26.9. The lowest BCUT2D eigenvalue weighted by Gasteiger charge is -2.34. The maximum absolute atomic E-state index is 12.5. The first-order valence-electron chi connectivity index (χ1n) is 9.91. The van der Waals surface area contributed by atoms with Crippen molar-refractivity contribution < 1.29 is 14.0 Å². The van der Waals surface area contributed by atoms with Crippen LogP contribution in [0.5, 0.6) is 0 Å². The predicted molar refractivity (Wildman–Crippen MR) is 100.0 cm³/mol. The average Bonchev–Trinajstić information content (AvgIpc) is 3.27. The number of aromatic nitrogens is 3. The lowest BCUT2D eigenvalue weighted by molar-refractivity contribution is -0.134. The highest BCUT2D eigenvalue weighted by atomic mass is 16.3. The van der Waals surface area contributed by atoms with Gasteiger partial charge in [-0.3, -0.25) is 14.5 Å². The van der Waals surface area contributed by atoms with Crippen LogP contribution in [0.2, 0.25) is 0 Å². The molecule has 2 N–H and O–H groups in total. The number of fused-ring (bicyclic) bond motifs is 1. The van der Waals surface area contributed by atoms with Crippen LogP contribution < -0.4 is 10.6 Å². The molecule has 4 heterocycles. The predicted octanol–water partition coefficient (Wildman–Crippen LogP) is 0.604. The van der Waals surface area contributed by atoms with E-state index >= 15 is 0 Å². The van der Waals surface area contributed by atoms with Crippen molar-refractivity contribution in [3.63, 3.8) is 0 Å². The average molecular weight is 386 g/mol. The number of piperazine rings is 1. The summed E-state index contributed by atoms with van der Waals surface area (Å²) in [5.41, 5.74) is 0.992. The Labute approximate surface area is 163 Å². The highest BCUT2D eigenvalue weighted by Crippen LogP contribution is 2.16. The van der Waals surface area contributed by atoms with Gasteiger partial charge in [-0.2, -0.15) is 0 Å². The summed E-state index contributed by atoms with van der Waals surface area (Å²) in [7, 11) is 0. The van der Waals surface area contributed by atoms with Gasteiger partial charge < -0.3 is 19.6 Å². The highest BCUT2D eigenvalue weighted by molar-refractivity contribution is 5.88. The van der Waals surface area contributed by atoms with E-state index < -0.39 is 6.04 Å². The fourth-order valence-corrected chi connectivity index (χ4v) is 3.89. The fourth-order valence-electron chi connectivity index (χ4n) is 3.89. The summed E-state index contributed by atoms with van der Waals surface area (Å²) < 4.78 is 7.23. The number of aryl methyl sites for hydroxylation is 1. The Balaban J connectivity index is 1.35. The smallest absolute Gasteiger partial charge is 0.237 e. The molecule has 0 bridgehead atoms. The molecule has 0 saturated carbocycles. The molecule has 1 unspecified atom stereocenters. The van der Waals surface area contributed by atoms with Gasteiger partial charge in [0, 0.05) is 38.2 Å². The number of furan rings is 1. The summed E-state index contributed by atoms with van der Waals surface area (Å²) in [5, 5.41) is 14.3. The monoisotopic (exact) mass is 386 g/mol. The van der Waals surface area contributed by atoms with Crippen LogP contribution in [0.15, 0.2) is 23.0 Å². The van der Waals surface area contributed by atoms with Gasteiger partial charge >= 0.3 is 0 Å². The topological polar surface area (TPSA) is 105 Å². The molecule has 28 heavy (non-hydrogen) atoms. The van der Waals surface area contributed by atoms with E-state index in [1.807, 2.05) is 11.0 Å². The number of nitrogens with one attached hydrogen (secondary N) is 2. The first kappa shape index (κ1) is 18.7. The molecule has 2 aromatic heterocycles. The van der Waals surface area contributed by atoms with E-state index in [-0.39, 0.29) is 18.2 Å². The van der Waals surface area contributed by atoms with Crippen molar-refractivity contribution in [2.24, 2.45) is 0 Å². The van der Waals surface area contributed by atoms with Crippen molar-refractivity contribution in [3.8, 4) is 0 Å². The van der Waals surface area contributed by atoms with Gasteiger partial charge in [0.15, 0.2) is 5.82 Å². The molecule has 150 valence electrons. The van der Waals surface area contributed by atoms with Gasteiger partial charge in [-0.15, -0.1) is 10.2 Å². The van der Waals surface area contributed by atoms with Crippen molar-refractivity contribution in [1.82, 2.24) is 30.3 Å². The van der Waals surface area contributed by atoms with Crippen molar-refractivity contribution in [2.45, 2.75) is 57.8 Å². The number of carbonyl (C=O) groups is 2. The lowest BCUT2D eigenvalue weighted by Crippen LogP contribution is -2.56. The van der Waals surface area contributed by atoms with Crippen LogP contribution >= 0.6 is 0 Å². The third-order valence-corrected chi connectivity index (χ3v) is 5.42. The third kappa shape index (κ3) is 4.24. The zero-order chi connectivity index (χ0) is 19.3. The Morgan fingerprint density at radius 2 is 2.21 bits per heavy atom. The van der Waals surface area contributed by atoms with Crippen LogP contribution in [0.4, 0.5) is 0 Å². The van der Waals surface area contributed by atoms with E-state index in [2.05, 4.69) is 25.4 Å². The standard InChI is InChI=1S/C19H26N6O3/c26-18(21-11-17-23-22-16-4-2-1-3-7-25(16)17)10-15-19(27)20-6-8-24(15)12-14-5-9-28-13-14/h5,9,13,15H,1-4,6-8,10-12H2,(H,20,27)(H,21,26). The van der Waals surface area contributed by atoms with Gasteiger partial charge in [-0.1, -0.05) is 6.42 Å². The second-order valence-corrected chi connectivity index (χ2v) is 7.38. The minimum atomic E-state index is -0.487. The largest absolute Gasteiger partial charge is 0.472 e. The van der Waals surface area contributed by atoms with Crippen LogP contribution in [-0.2, 0) is 35.6 Å². The van der Waals surface area contributed by atoms with E-state index in [4.69, 9.17) is 4.42 Å². The van der Waals surface area contributed by atoms with Gasteiger partial charge in [-0.25, -0.2) is 0 Å². The van der Waals surface area contributed by atoms with E-state index in [0.717, 1.165) is 43.0 Å². The van der Waals surface area contributed by atoms with Gasteiger partial charge in [0.25, 0.3) is 0 Å². The van der Waals surface area contributed by atoms with Crippen LogP contribution in [-0.4, -0.2) is 50.6 Å². The third-order valence-electron chi connectivity index (χ3n) is 5.42. The van der Waals surface area contributed by atoms with Gasteiger partial charge in [0.1, 0.15) is 5.82 Å². The number of amides is 2. The highest BCUT2D eigenvalue weighted by Gasteiger charge is 2.31. The molecule has 1 atom stereocenters. The van der Waals surface area contributed by atoms with Gasteiger partial charge in [0.05, 0.1) is 31.5 Å². The van der Waals surface area contributed by atoms with Crippen LogP contribution in [0.25, 0.3) is 0 Å². The normalized spacial score (nSPS) is 20.3. The number of hydrogen-bond acceptors (Lipinski definition) is 6. The van der Waals surface area contributed by atoms with Crippen molar-refractivity contribution in [3.05, 3.63) is 35.8 Å². The van der Waals surface area contributed by atoms with Gasteiger partial charge in [-0.05, 0) is 18.9 Å². The van der Waals surface area contributed by atoms with E-state index in [1.54, 1.807) is 12.5 Å². The molecule has 1 saturated heterocycles. The first-order valence-corrected chi connectivity index (χ1v) is 9.91. The molecule has 0 aromatic carbocycles. The number of rotatable bonds is 6. The number of hydrogen-bond donors (Lipinski definition) is 2. The molecule has 9 heteroatoms. The molecule has 2 aliphatic rings. The minimum absolute atomic E-state index is 0.110. The molecule has 2 amide bonds. The van der Waals surface area contributed by atoms with E-state index in [0.29, 0.717) is 26.2 Å². The summed E-state index contributed by atoms with van der Waals surface area (Å²) in [6, 6.07) is 1.39. The molecule has 0 aliphatic carbocycles. The minimum Gasteiger partial charge on any atom is -0.472 e. The van der Waals surface area contributed by atoms with Crippen LogP contribution in [0.3, 0.4) is 0 Å². The first-order chi connectivity index (χ1) is 13.7. The SMILES string of the molecule is O=C(CC1C(=O)NCCN1Cc1ccoc1)NCc1nnc2n1CCCCC2. The van der Waals surface area contributed by atoms with Gasteiger partial charge in [0.2, 0.25) is 11.8 Å². The summed E-state index contributed by atoms with van der Waals surface area (Å²) in [5.74, 6) is 1.51. The lowest BCUT2D eigenvalue weighted by atomic mass is 10.1. The molecule has 1 fully saturated rings.